The molecule has 0 saturated heterocycles. The lowest BCUT2D eigenvalue weighted by molar-refractivity contribution is -0.137. The lowest BCUT2D eigenvalue weighted by Gasteiger charge is -2.08. The summed E-state index contributed by atoms with van der Waals surface area (Å²) in [5, 5.41) is 11.1. The first-order valence-electron chi connectivity index (χ1n) is 6.08. The molecule has 0 radical (unpaired) electrons. The van der Waals surface area contributed by atoms with Crippen molar-refractivity contribution in [3.05, 3.63) is 54.1 Å². The molecule has 0 spiro atoms. The first-order valence-corrected chi connectivity index (χ1v) is 6.08. The number of hydrogen-bond donors (Lipinski definition) is 2. The van der Waals surface area contributed by atoms with Crippen LogP contribution in [0.5, 0.6) is 0 Å². The van der Waals surface area contributed by atoms with Crippen molar-refractivity contribution < 1.29 is 23.1 Å². The smallest absolute Gasteiger partial charge is 0.387 e. The Morgan fingerprint density at radius 3 is 1.86 bits per heavy atom. The van der Waals surface area contributed by atoms with E-state index in [1.54, 1.807) is 24.3 Å². The highest BCUT2D eigenvalue weighted by Crippen LogP contribution is 2.31. The van der Waals surface area contributed by atoms with Gasteiger partial charge in [-0.05, 0) is 35.4 Å². The van der Waals surface area contributed by atoms with Gasteiger partial charge in [-0.15, -0.1) is 0 Å². The summed E-state index contributed by atoms with van der Waals surface area (Å²) in [6, 6.07) is 11.4. The zero-order valence-corrected chi connectivity index (χ0v) is 10.8. The van der Waals surface area contributed by atoms with Crippen molar-refractivity contribution in [3.8, 4) is 11.1 Å². The topological polar surface area (TPSA) is 49.3 Å². The summed E-state index contributed by atoms with van der Waals surface area (Å²) in [5.41, 5.74) is 1.18. The number of aliphatic hydroxyl groups excluding tert-OH is 1. The van der Waals surface area contributed by atoms with Gasteiger partial charge in [0.2, 0.25) is 5.91 Å². The molecular weight excluding hydrogens is 283 g/mol. The average molecular weight is 295 g/mol. The van der Waals surface area contributed by atoms with Crippen LogP contribution in [0, 0.1) is 0 Å². The van der Waals surface area contributed by atoms with Gasteiger partial charge in [0, 0.05) is 5.69 Å². The molecule has 0 aliphatic rings. The van der Waals surface area contributed by atoms with Crippen LogP contribution in [0.25, 0.3) is 11.1 Å². The number of alkyl halides is 3. The second kappa shape index (κ2) is 5.97. The van der Waals surface area contributed by atoms with Crippen LogP contribution >= 0.6 is 0 Å². The predicted octanol–water partition coefficient (Wildman–Crippen LogP) is 3.30. The molecule has 0 aromatic heterocycles. The summed E-state index contributed by atoms with van der Waals surface area (Å²) in [7, 11) is 0. The number of hydrogen-bond acceptors (Lipinski definition) is 2. The van der Waals surface area contributed by atoms with Crippen molar-refractivity contribution >= 4 is 11.6 Å². The molecule has 0 fully saturated rings. The molecule has 0 saturated carbocycles. The molecule has 0 bridgehead atoms. The quantitative estimate of drug-likeness (QED) is 0.912. The summed E-state index contributed by atoms with van der Waals surface area (Å²) in [6.45, 7) is -0.610. The summed E-state index contributed by atoms with van der Waals surface area (Å²) in [5.74, 6) is -0.530. The lowest BCUT2D eigenvalue weighted by atomic mass is 10.0. The van der Waals surface area contributed by atoms with Gasteiger partial charge in [0.1, 0.15) is 6.61 Å². The number of nitrogens with one attached hydrogen (secondary N) is 1. The third-order valence-electron chi connectivity index (χ3n) is 2.86. The number of benzene rings is 2. The molecule has 2 rings (SSSR count). The molecule has 0 aliphatic carbocycles. The third kappa shape index (κ3) is 3.82. The third-order valence-corrected chi connectivity index (χ3v) is 2.86. The molecule has 2 aromatic carbocycles. The molecule has 110 valence electrons. The Hall–Kier alpha value is -2.34. The summed E-state index contributed by atoms with van der Waals surface area (Å²) < 4.78 is 37.4. The Kier molecular flexibility index (Phi) is 4.28. The Morgan fingerprint density at radius 2 is 1.43 bits per heavy atom. The van der Waals surface area contributed by atoms with Gasteiger partial charge in [-0.25, -0.2) is 0 Å². The van der Waals surface area contributed by atoms with E-state index < -0.39 is 24.3 Å². The van der Waals surface area contributed by atoms with Crippen LogP contribution in [0.15, 0.2) is 48.5 Å². The van der Waals surface area contributed by atoms with Crippen LogP contribution in [-0.2, 0) is 11.0 Å². The molecule has 1 amide bonds. The maximum absolute atomic E-state index is 12.5. The van der Waals surface area contributed by atoms with Crippen molar-refractivity contribution in [3.63, 3.8) is 0 Å². The van der Waals surface area contributed by atoms with E-state index in [1.807, 2.05) is 0 Å². The normalized spacial score (nSPS) is 11.2. The fourth-order valence-corrected chi connectivity index (χ4v) is 1.80. The van der Waals surface area contributed by atoms with Crippen molar-refractivity contribution in [2.45, 2.75) is 6.18 Å². The van der Waals surface area contributed by atoms with Crippen LogP contribution in [0.3, 0.4) is 0 Å². The first kappa shape index (κ1) is 15.1. The second-order valence-corrected chi connectivity index (χ2v) is 4.36. The van der Waals surface area contributed by atoms with Crippen LogP contribution in [0.2, 0.25) is 0 Å². The van der Waals surface area contributed by atoms with E-state index in [9.17, 15) is 18.0 Å². The Bertz CT molecular complexity index is 619. The highest BCUT2D eigenvalue weighted by atomic mass is 19.4. The van der Waals surface area contributed by atoms with Crippen molar-refractivity contribution in [2.24, 2.45) is 0 Å². The highest BCUT2D eigenvalue weighted by Gasteiger charge is 2.29. The average Bonchev–Trinajstić information content (AvgIpc) is 2.47. The zero-order chi connectivity index (χ0) is 15.5. The van der Waals surface area contributed by atoms with Gasteiger partial charge in [0.25, 0.3) is 0 Å². The molecule has 6 heteroatoms. The Morgan fingerprint density at radius 1 is 0.952 bits per heavy atom. The van der Waals surface area contributed by atoms with Crippen molar-refractivity contribution in [2.75, 3.05) is 11.9 Å². The van der Waals surface area contributed by atoms with E-state index in [4.69, 9.17) is 5.11 Å². The maximum Gasteiger partial charge on any atom is 0.416 e. The minimum Gasteiger partial charge on any atom is -0.387 e. The van der Waals surface area contributed by atoms with Crippen molar-refractivity contribution in [1.82, 2.24) is 0 Å². The zero-order valence-electron chi connectivity index (χ0n) is 10.8. The number of halogens is 3. The van der Waals surface area contributed by atoms with E-state index in [2.05, 4.69) is 5.32 Å². The number of carbonyl (C=O) groups excluding carboxylic acids is 1. The molecule has 0 aliphatic heterocycles. The van der Waals surface area contributed by atoms with Gasteiger partial charge >= 0.3 is 6.18 Å². The molecule has 21 heavy (non-hydrogen) atoms. The Labute approximate surface area is 119 Å². The van der Waals surface area contributed by atoms with E-state index >= 15 is 0 Å². The van der Waals surface area contributed by atoms with Gasteiger partial charge in [-0.1, -0.05) is 24.3 Å². The molecule has 2 N–H and O–H groups in total. The van der Waals surface area contributed by atoms with Gasteiger partial charge in [-0.3, -0.25) is 4.79 Å². The second-order valence-electron chi connectivity index (χ2n) is 4.36. The molecule has 0 atom stereocenters. The predicted molar refractivity (Wildman–Crippen MR) is 72.6 cm³/mol. The number of carbonyl (C=O) groups is 1. The van der Waals surface area contributed by atoms with Gasteiger partial charge in [0.15, 0.2) is 0 Å². The number of anilines is 1. The SMILES string of the molecule is O=C(CO)Nc1ccc(-c2ccc(C(F)(F)F)cc2)cc1. The summed E-state index contributed by atoms with van der Waals surface area (Å²) in [6.07, 6.45) is -4.35. The molecule has 0 heterocycles. The summed E-state index contributed by atoms with van der Waals surface area (Å²) in [4.78, 5) is 11.0. The lowest BCUT2D eigenvalue weighted by Crippen LogP contribution is -2.15. The monoisotopic (exact) mass is 295 g/mol. The fourth-order valence-electron chi connectivity index (χ4n) is 1.80. The fraction of sp³-hybridized carbons (Fsp3) is 0.133. The minimum atomic E-state index is -4.35. The van der Waals surface area contributed by atoms with Crippen molar-refractivity contribution in [1.29, 1.82) is 0 Å². The minimum absolute atomic E-state index is 0.504. The van der Waals surface area contributed by atoms with E-state index in [1.165, 1.54) is 12.1 Å². The number of rotatable bonds is 3. The van der Waals surface area contributed by atoms with Gasteiger partial charge < -0.3 is 10.4 Å². The standard InChI is InChI=1S/C15H12F3NO2/c16-15(17,18)12-5-1-10(2-6-12)11-3-7-13(8-4-11)19-14(21)9-20/h1-8,20H,9H2,(H,19,21). The molecule has 0 unspecified atom stereocenters. The van der Waals surface area contributed by atoms with Gasteiger partial charge in [-0.2, -0.15) is 13.2 Å². The largest absolute Gasteiger partial charge is 0.416 e. The summed E-state index contributed by atoms with van der Waals surface area (Å²) >= 11 is 0. The molecule has 2 aromatic rings. The number of amides is 1. The van der Waals surface area contributed by atoms with Crippen LogP contribution in [0.4, 0.5) is 18.9 Å². The highest BCUT2D eigenvalue weighted by molar-refractivity contribution is 5.91. The molecular formula is C15H12F3NO2. The van der Waals surface area contributed by atoms with Crippen LogP contribution < -0.4 is 5.32 Å². The number of aliphatic hydroxyl groups is 1. The van der Waals surface area contributed by atoms with E-state index in [-0.39, 0.29) is 0 Å². The first-order chi connectivity index (χ1) is 9.90. The van der Waals surface area contributed by atoms with Gasteiger partial charge in [0.05, 0.1) is 5.56 Å². The van der Waals surface area contributed by atoms with E-state index in [0.29, 0.717) is 11.3 Å². The van der Waals surface area contributed by atoms with Crippen LogP contribution in [0.1, 0.15) is 5.56 Å². The Balaban J connectivity index is 2.17. The maximum atomic E-state index is 12.5. The van der Waals surface area contributed by atoms with E-state index in [0.717, 1.165) is 17.7 Å². The van der Waals surface area contributed by atoms with Crippen LogP contribution in [-0.4, -0.2) is 17.6 Å². The molecule has 3 nitrogen and oxygen atoms in total.